The van der Waals surface area contributed by atoms with Crippen molar-refractivity contribution in [1.82, 2.24) is 4.90 Å². The zero-order chi connectivity index (χ0) is 18.4. The van der Waals surface area contributed by atoms with Gasteiger partial charge < -0.3 is 0 Å². The average molecular weight is 405 g/mol. The maximum atomic E-state index is 12.9. The molecule has 2 aromatic carbocycles. The van der Waals surface area contributed by atoms with Crippen molar-refractivity contribution in [2.45, 2.75) is 13.8 Å². The number of nitrogens with zero attached hydrogens (tertiary/aromatic N) is 2. The van der Waals surface area contributed by atoms with Gasteiger partial charge in [0.05, 0.1) is 0 Å². The van der Waals surface area contributed by atoms with Gasteiger partial charge >= 0.3 is 157 Å². The molecule has 0 aromatic heterocycles. The van der Waals surface area contributed by atoms with Crippen molar-refractivity contribution < 1.29 is 9.53 Å². The van der Waals surface area contributed by atoms with E-state index in [1.807, 2.05) is 63.2 Å². The second-order valence-corrected chi connectivity index (χ2v) is 8.17. The second kappa shape index (κ2) is 8.93. The molecule has 0 fully saturated rings. The summed E-state index contributed by atoms with van der Waals surface area (Å²) in [6.45, 7) is 5.47. The normalized spacial score (nSPS) is 10.4. The summed E-state index contributed by atoms with van der Waals surface area (Å²) in [5.41, 5.74) is 1.91. The third-order valence-corrected chi connectivity index (χ3v) is 6.23. The molecule has 0 spiro atoms. The van der Waals surface area contributed by atoms with Gasteiger partial charge in [-0.25, -0.2) is 0 Å². The Morgan fingerprint density at radius 1 is 1.08 bits per heavy atom. The van der Waals surface area contributed by atoms with E-state index in [1.54, 1.807) is 7.11 Å². The summed E-state index contributed by atoms with van der Waals surface area (Å²) in [6.07, 6.45) is 0. The van der Waals surface area contributed by atoms with Crippen LogP contribution in [0.1, 0.15) is 24.2 Å². The molecular weight excluding hydrogens is 379 g/mol. The Labute approximate surface area is 156 Å². The number of amides is 1. The quantitative estimate of drug-likeness (QED) is 0.660. The van der Waals surface area contributed by atoms with E-state index in [2.05, 4.69) is 17.0 Å². The Balaban J connectivity index is 2.44. The third-order valence-electron chi connectivity index (χ3n) is 4.03. The fourth-order valence-corrected chi connectivity index (χ4v) is 4.66. The van der Waals surface area contributed by atoms with Crippen LogP contribution in [0.4, 0.5) is 5.69 Å². The summed E-state index contributed by atoms with van der Waals surface area (Å²) < 4.78 is 7.62. The van der Waals surface area contributed by atoms with Crippen LogP contribution in [0.2, 0.25) is 0 Å². The first-order valence-corrected chi connectivity index (χ1v) is 10.1. The van der Waals surface area contributed by atoms with Crippen LogP contribution in [-0.2, 0) is 0 Å². The summed E-state index contributed by atoms with van der Waals surface area (Å²) in [5.74, 6) is 0.954. The minimum absolute atomic E-state index is 0.0265. The van der Waals surface area contributed by atoms with Gasteiger partial charge in [-0.15, -0.1) is 0 Å². The molecule has 0 atom stereocenters. The molecule has 1 amide bonds. The van der Waals surface area contributed by atoms with Crippen LogP contribution in [0.25, 0.3) is 0 Å². The Morgan fingerprint density at radius 2 is 1.80 bits per heavy atom. The summed E-state index contributed by atoms with van der Waals surface area (Å²) in [4.78, 5) is 16.9. The van der Waals surface area contributed by atoms with Crippen LogP contribution in [0.5, 0.6) is 5.75 Å². The van der Waals surface area contributed by atoms with Gasteiger partial charge in [-0.1, -0.05) is 0 Å². The predicted octanol–water partition coefficient (Wildman–Crippen LogP) is 1.90. The second-order valence-electron chi connectivity index (χ2n) is 5.83. The molecule has 0 radical (unpaired) electrons. The van der Waals surface area contributed by atoms with Gasteiger partial charge in [0, 0.05) is 0 Å². The number of rotatable bonds is 7. The number of methoxy groups -OCH3 is 1. The van der Waals surface area contributed by atoms with Crippen LogP contribution < -0.4 is 18.6 Å². The van der Waals surface area contributed by atoms with Gasteiger partial charge in [0.1, 0.15) is 0 Å². The van der Waals surface area contributed by atoms with Crippen molar-refractivity contribution >= 4 is 35.5 Å². The summed E-state index contributed by atoms with van der Waals surface area (Å²) in [7, 11) is 5.71. The van der Waals surface area contributed by atoms with E-state index in [0.717, 1.165) is 34.6 Å². The molecule has 0 aliphatic rings. The summed E-state index contributed by atoms with van der Waals surface area (Å²) in [5, 5.41) is 0. The standard InChI is InChI=1S/C20H26N2O2Se/c1-6-22(7-2)20(23)18-12-11-15(21(3)4)13-19(18)25-17-10-8-9-16(14-17)24-5/h8-14H,6-7H2,1-5H3. The number of carbonyl (C=O) groups is 1. The molecule has 0 unspecified atom stereocenters. The Morgan fingerprint density at radius 3 is 2.40 bits per heavy atom. The molecule has 0 saturated carbocycles. The Kier molecular flexibility index (Phi) is 6.91. The van der Waals surface area contributed by atoms with Gasteiger partial charge in [0.2, 0.25) is 0 Å². The van der Waals surface area contributed by atoms with Crippen molar-refractivity contribution in [1.29, 1.82) is 0 Å². The molecule has 4 nitrogen and oxygen atoms in total. The molecule has 0 heterocycles. The van der Waals surface area contributed by atoms with E-state index < -0.39 is 0 Å². The van der Waals surface area contributed by atoms with Crippen LogP contribution in [0, 0.1) is 0 Å². The molecule has 134 valence electrons. The number of carbonyl (C=O) groups excluding carboxylic acids is 1. The molecule has 0 bridgehead atoms. The first kappa shape index (κ1) is 19.4. The zero-order valence-electron chi connectivity index (χ0n) is 15.6. The van der Waals surface area contributed by atoms with Crippen LogP contribution >= 0.6 is 0 Å². The number of benzene rings is 2. The van der Waals surface area contributed by atoms with Crippen molar-refractivity contribution in [3.8, 4) is 5.75 Å². The van der Waals surface area contributed by atoms with Crippen molar-refractivity contribution in [2.75, 3.05) is 39.2 Å². The number of hydrogen-bond donors (Lipinski definition) is 0. The molecule has 25 heavy (non-hydrogen) atoms. The van der Waals surface area contributed by atoms with Gasteiger partial charge in [0.15, 0.2) is 0 Å². The summed E-state index contributed by atoms with van der Waals surface area (Å²) >= 11 is 0.0265. The Bertz CT molecular complexity index is 727. The van der Waals surface area contributed by atoms with E-state index >= 15 is 0 Å². The van der Waals surface area contributed by atoms with E-state index in [4.69, 9.17) is 4.74 Å². The first-order valence-electron chi connectivity index (χ1n) is 8.42. The third kappa shape index (κ3) is 4.77. The van der Waals surface area contributed by atoms with Crippen molar-refractivity contribution in [2.24, 2.45) is 0 Å². The van der Waals surface area contributed by atoms with Gasteiger partial charge in [-0.3, -0.25) is 0 Å². The number of ether oxygens (including phenoxy) is 1. The zero-order valence-corrected chi connectivity index (χ0v) is 17.3. The molecule has 0 aliphatic carbocycles. The van der Waals surface area contributed by atoms with Gasteiger partial charge in [0.25, 0.3) is 0 Å². The molecule has 5 heteroatoms. The monoisotopic (exact) mass is 406 g/mol. The van der Waals surface area contributed by atoms with E-state index in [-0.39, 0.29) is 20.9 Å². The van der Waals surface area contributed by atoms with Crippen molar-refractivity contribution in [3.05, 3.63) is 48.0 Å². The van der Waals surface area contributed by atoms with Gasteiger partial charge in [-0.05, 0) is 0 Å². The molecule has 2 aromatic rings. The SMILES string of the molecule is CCN(CC)C(=O)c1ccc(N(C)C)cc1[Se]c1cccc(OC)c1. The van der Waals surface area contributed by atoms with Gasteiger partial charge in [-0.2, -0.15) is 0 Å². The summed E-state index contributed by atoms with van der Waals surface area (Å²) in [6, 6.07) is 14.2. The van der Waals surface area contributed by atoms with Crippen LogP contribution in [-0.4, -0.2) is 60.1 Å². The average Bonchev–Trinajstić information content (AvgIpc) is 2.62. The fraction of sp³-hybridized carbons (Fsp3) is 0.350. The molecule has 0 saturated heterocycles. The van der Waals surface area contributed by atoms with Crippen molar-refractivity contribution in [3.63, 3.8) is 0 Å². The van der Waals surface area contributed by atoms with E-state index in [0.29, 0.717) is 0 Å². The predicted molar refractivity (Wildman–Crippen MR) is 106 cm³/mol. The number of anilines is 1. The minimum atomic E-state index is 0.0265. The van der Waals surface area contributed by atoms with Crippen LogP contribution in [0.15, 0.2) is 42.5 Å². The topological polar surface area (TPSA) is 32.8 Å². The number of hydrogen-bond acceptors (Lipinski definition) is 3. The maximum absolute atomic E-state index is 12.9. The van der Waals surface area contributed by atoms with E-state index in [1.165, 1.54) is 4.46 Å². The molecule has 2 rings (SSSR count). The molecule has 0 N–H and O–H groups in total. The first-order chi connectivity index (χ1) is 12.0. The molecule has 0 aliphatic heterocycles. The fourth-order valence-electron chi connectivity index (χ4n) is 2.52. The Hall–Kier alpha value is -1.97. The molecular formula is C20H26N2O2Se. The van der Waals surface area contributed by atoms with E-state index in [9.17, 15) is 4.79 Å². The van der Waals surface area contributed by atoms with Crippen LogP contribution in [0.3, 0.4) is 0 Å².